The number of halogens is 1. The summed E-state index contributed by atoms with van der Waals surface area (Å²) >= 11 is 0. The van der Waals surface area contributed by atoms with Gasteiger partial charge in [0, 0.05) is 18.8 Å². The third-order valence-corrected chi connectivity index (χ3v) is 3.36. The smallest absolute Gasteiger partial charge is 0.220 e. The molecule has 0 spiro atoms. The molecule has 0 saturated carbocycles. The molecule has 0 aliphatic carbocycles. The molecule has 0 fully saturated rings. The summed E-state index contributed by atoms with van der Waals surface area (Å²) in [4.78, 5) is 11.9. The van der Waals surface area contributed by atoms with Crippen molar-refractivity contribution in [3.63, 3.8) is 0 Å². The Labute approximate surface area is 137 Å². The van der Waals surface area contributed by atoms with Crippen LogP contribution in [0.4, 0.5) is 0 Å². The van der Waals surface area contributed by atoms with Gasteiger partial charge in [0.05, 0.1) is 11.7 Å². The zero-order valence-electron chi connectivity index (χ0n) is 13.0. The Balaban J connectivity index is 0.00000242. The second-order valence-corrected chi connectivity index (χ2v) is 5.01. The van der Waals surface area contributed by atoms with Crippen LogP contribution in [-0.2, 0) is 4.79 Å². The second-order valence-electron chi connectivity index (χ2n) is 5.01. The summed E-state index contributed by atoms with van der Waals surface area (Å²) in [7, 11) is 1.89. The van der Waals surface area contributed by atoms with Gasteiger partial charge < -0.3 is 10.6 Å². The summed E-state index contributed by atoms with van der Waals surface area (Å²) in [5.74, 6) is 0.0769. The monoisotopic (exact) mass is 322 g/mol. The van der Waals surface area contributed by atoms with Crippen LogP contribution in [0.5, 0.6) is 0 Å². The quantitative estimate of drug-likeness (QED) is 0.770. The molecule has 1 aromatic carbocycles. The Morgan fingerprint density at radius 1 is 1.32 bits per heavy atom. The Bertz CT molecular complexity index is 571. The molecule has 22 heavy (non-hydrogen) atoms. The van der Waals surface area contributed by atoms with Gasteiger partial charge in [0.25, 0.3) is 0 Å². The number of nitrogens with one attached hydrogen (secondary N) is 2. The van der Waals surface area contributed by atoms with Gasteiger partial charge in [-0.3, -0.25) is 4.79 Å². The molecular weight excluding hydrogens is 300 g/mol. The summed E-state index contributed by atoms with van der Waals surface area (Å²) in [6.07, 6.45) is 5.03. The molecule has 2 N–H and O–H groups in total. The Kier molecular flexibility index (Phi) is 7.63. The van der Waals surface area contributed by atoms with E-state index in [4.69, 9.17) is 0 Å². The van der Waals surface area contributed by atoms with Gasteiger partial charge in [-0.25, -0.2) is 4.68 Å². The average molecular weight is 323 g/mol. The molecular formula is C16H23ClN4O. The van der Waals surface area contributed by atoms with Crippen LogP contribution >= 0.6 is 12.4 Å². The number of hydrogen-bond donors (Lipinski definition) is 2. The first kappa shape index (κ1) is 18.2. The SMILES string of the molecule is CNCCCC(=O)NC(C)c1ccccc1-n1cccn1.Cl. The fourth-order valence-electron chi connectivity index (χ4n) is 2.29. The van der Waals surface area contributed by atoms with E-state index in [9.17, 15) is 4.79 Å². The summed E-state index contributed by atoms with van der Waals surface area (Å²) < 4.78 is 1.82. The highest BCUT2D eigenvalue weighted by Crippen LogP contribution is 2.20. The topological polar surface area (TPSA) is 59.0 Å². The van der Waals surface area contributed by atoms with E-state index in [1.165, 1.54) is 0 Å². The summed E-state index contributed by atoms with van der Waals surface area (Å²) in [6.45, 7) is 2.85. The molecule has 2 aromatic rings. The lowest BCUT2D eigenvalue weighted by molar-refractivity contribution is -0.121. The summed E-state index contributed by atoms with van der Waals surface area (Å²) in [5.41, 5.74) is 2.05. The second kappa shape index (κ2) is 9.23. The van der Waals surface area contributed by atoms with Crippen molar-refractivity contribution in [2.75, 3.05) is 13.6 Å². The lowest BCUT2D eigenvalue weighted by Crippen LogP contribution is -2.28. The number of nitrogens with zero attached hydrogens (tertiary/aromatic N) is 2. The first-order valence-electron chi connectivity index (χ1n) is 7.25. The molecule has 2 rings (SSSR count). The first-order chi connectivity index (χ1) is 10.2. The van der Waals surface area contributed by atoms with Crippen LogP contribution in [0, 0.1) is 0 Å². The molecule has 0 aliphatic heterocycles. The molecule has 1 aromatic heterocycles. The van der Waals surface area contributed by atoms with E-state index < -0.39 is 0 Å². The van der Waals surface area contributed by atoms with E-state index in [0.29, 0.717) is 6.42 Å². The van der Waals surface area contributed by atoms with Crippen molar-refractivity contribution in [3.8, 4) is 5.69 Å². The van der Waals surface area contributed by atoms with Gasteiger partial charge in [0.15, 0.2) is 0 Å². The van der Waals surface area contributed by atoms with E-state index in [1.807, 2.05) is 55.2 Å². The Hall–Kier alpha value is -1.85. The maximum Gasteiger partial charge on any atom is 0.220 e. The number of amides is 1. The minimum atomic E-state index is -0.0486. The molecule has 5 nitrogen and oxygen atoms in total. The third-order valence-electron chi connectivity index (χ3n) is 3.36. The maximum atomic E-state index is 11.9. The molecule has 6 heteroatoms. The molecule has 0 saturated heterocycles. The van der Waals surface area contributed by atoms with Crippen LogP contribution < -0.4 is 10.6 Å². The van der Waals surface area contributed by atoms with Crippen LogP contribution in [0.1, 0.15) is 31.4 Å². The van der Waals surface area contributed by atoms with Crippen LogP contribution in [0.15, 0.2) is 42.7 Å². The maximum absolute atomic E-state index is 11.9. The molecule has 0 radical (unpaired) electrons. The highest BCUT2D eigenvalue weighted by molar-refractivity contribution is 5.85. The van der Waals surface area contributed by atoms with Crippen LogP contribution in [0.25, 0.3) is 5.69 Å². The average Bonchev–Trinajstić information content (AvgIpc) is 3.01. The number of carbonyl (C=O) groups excluding carboxylic acids is 1. The number of rotatable bonds is 7. The standard InChI is InChI=1S/C16H22N4O.ClH/c1-13(19-16(21)9-5-10-17-2)14-7-3-4-8-15(14)20-12-6-11-18-20;/h3-4,6-8,11-13,17H,5,9-10H2,1-2H3,(H,19,21);1H. The van der Waals surface area contributed by atoms with Crippen molar-refractivity contribution in [1.29, 1.82) is 0 Å². The predicted molar refractivity (Wildman–Crippen MR) is 90.5 cm³/mol. The summed E-state index contributed by atoms with van der Waals surface area (Å²) in [5, 5.41) is 10.4. The normalized spacial score (nSPS) is 11.5. The van der Waals surface area contributed by atoms with Gasteiger partial charge in [-0.1, -0.05) is 18.2 Å². The number of carbonyl (C=O) groups is 1. The first-order valence-corrected chi connectivity index (χ1v) is 7.25. The zero-order valence-corrected chi connectivity index (χ0v) is 13.8. The van der Waals surface area contributed by atoms with Gasteiger partial charge in [0.2, 0.25) is 5.91 Å². The molecule has 1 heterocycles. The highest BCUT2D eigenvalue weighted by atomic mass is 35.5. The fourth-order valence-corrected chi connectivity index (χ4v) is 2.29. The van der Waals surface area contributed by atoms with Crippen LogP contribution in [-0.4, -0.2) is 29.3 Å². The molecule has 1 amide bonds. The number of para-hydroxylation sites is 1. The largest absolute Gasteiger partial charge is 0.350 e. The minimum absolute atomic E-state index is 0. The van der Waals surface area contributed by atoms with Crippen LogP contribution in [0.3, 0.4) is 0 Å². The third kappa shape index (κ3) is 4.86. The fraction of sp³-hybridized carbons (Fsp3) is 0.375. The van der Waals surface area contributed by atoms with Crippen molar-refractivity contribution in [2.45, 2.75) is 25.8 Å². The van der Waals surface area contributed by atoms with Crippen molar-refractivity contribution >= 4 is 18.3 Å². The van der Waals surface area contributed by atoms with Gasteiger partial charge in [-0.05, 0) is 44.6 Å². The van der Waals surface area contributed by atoms with E-state index in [0.717, 1.165) is 24.2 Å². The van der Waals surface area contributed by atoms with Crippen molar-refractivity contribution in [3.05, 3.63) is 48.3 Å². The van der Waals surface area contributed by atoms with Crippen molar-refractivity contribution in [1.82, 2.24) is 20.4 Å². The van der Waals surface area contributed by atoms with Crippen molar-refractivity contribution in [2.24, 2.45) is 0 Å². The van der Waals surface area contributed by atoms with Gasteiger partial charge in [-0.2, -0.15) is 5.10 Å². The van der Waals surface area contributed by atoms with Gasteiger partial charge >= 0.3 is 0 Å². The Morgan fingerprint density at radius 2 is 2.09 bits per heavy atom. The van der Waals surface area contributed by atoms with E-state index in [1.54, 1.807) is 6.20 Å². The lowest BCUT2D eigenvalue weighted by atomic mass is 10.1. The van der Waals surface area contributed by atoms with Gasteiger partial charge in [0.1, 0.15) is 0 Å². The number of aromatic nitrogens is 2. The Morgan fingerprint density at radius 3 is 2.77 bits per heavy atom. The number of benzene rings is 1. The molecule has 0 aliphatic rings. The van der Waals surface area contributed by atoms with Crippen LogP contribution in [0.2, 0.25) is 0 Å². The van der Waals surface area contributed by atoms with E-state index in [-0.39, 0.29) is 24.4 Å². The van der Waals surface area contributed by atoms with E-state index >= 15 is 0 Å². The molecule has 1 unspecified atom stereocenters. The summed E-state index contributed by atoms with van der Waals surface area (Å²) in [6, 6.07) is 9.82. The van der Waals surface area contributed by atoms with Crippen molar-refractivity contribution < 1.29 is 4.79 Å². The highest BCUT2D eigenvalue weighted by Gasteiger charge is 2.13. The van der Waals surface area contributed by atoms with Gasteiger partial charge in [-0.15, -0.1) is 12.4 Å². The molecule has 1 atom stereocenters. The lowest BCUT2D eigenvalue weighted by Gasteiger charge is -2.18. The molecule has 120 valence electrons. The minimum Gasteiger partial charge on any atom is -0.350 e. The van der Waals surface area contributed by atoms with E-state index in [2.05, 4.69) is 15.7 Å². The molecule has 0 bridgehead atoms. The predicted octanol–water partition coefficient (Wildman–Crippen LogP) is 2.47. The zero-order chi connectivity index (χ0) is 15.1. The number of hydrogen-bond acceptors (Lipinski definition) is 3.